The maximum atomic E-state index is 13.3. The van der Waals surface area contributed by atoms with Crippen LogP contribution < -0.4 is 0 Å². The molecule has 1 amide bonds. The molecule has 1 N–H and O–H groups in total. The Bertz CT molecular complexity index is 865. The molecule has 0 aromatic heterocycles. The lowest BCUT2D eigenvalue weighted by molar-refractivity contribution is -0.159. The summed E-state index contributed by atoms with van der Waals surface area (Å²) in [5.41, 5.74) is -0.424. The number of amides is 1. The molecule has 0 radical (unpaired) electrons. The van der Waals surface area contributed by atoms with Gasteiger partial charge in [-0.25, -0.2) is 0 Å². The first-order valence-corrected chi connectivity index (χ1v) is 13.8. The minimum absolute atomic E-state index is 0.0377. The van der Waals surface area contributed by atoms with Gasteiger partial charge in [-0.3, -0.25) is 9.59 Å². The molecule has 0 aromatic rings. The van der Waals surface area contributed by atoms with Crippen LogP contribution in [0.4, 0.5) is 0 Å². The second-order valence-electron chi connectivity index (χ2n) is 12.6. The fourth-order valence-corrected chi connectivity index (χ4v) is 8.62. The summed E-state index contributed by atoms with van der Waals surface area (Å²) >= 11 is 0. The number of ketones is 1. The number of carbonyl (C=O) groups excluding carboxylic acids is 2. The molecule has 4 aliphatic rings. The number of rotatable bonds is 7. The highest BCUT2D eigenvalue weighted by atomic mass is 16.7. The maximum absolute atomic E-state index is 13.3. The smallest absolute Gasteiger partial charge is 0.225 e. The number of aliphatic hydroxyl groups is 1. The minimum Gasteiger partial charge on any atom is -0.385 e. The number of hydrogen-bond donors (Lipinski definition) is 1. The highest BCUT2D eigenvalue weighted by Crippen LogP contribution is 2.67. The zero-order valence-electron chi connectivity index (χ0n) is 22.9. The van der Waals surface area contributed by atoms with E-state index in [4.69, 9.17) is 9.47 Å². The zero-order chi connectivity index (χ0) is 25.8. The van der Waals surface area contributed by atoms with Crippen LogP contribution in [0, 0.1) is 34.5 Å². The van der Waals surface area contributed by atoms with Crippen LogP contribution in [0.1, 0.15) is 86.0 Å². The fourth-order valence-electron chi connectivity index (χ4n) is 8.62. The third-order valence-corrected chi connectivity index (χ3v) is 10.8. The molecule has 0 aliphatic heterocycles. The number of fused-ring (bicyclic) bond motifs is 5. The van der Waals surface area contributed by atoms with Crippen LogP contribution in [0.5, 0.6) is 0 Å². The largest absolute Gasteiger partial charge is 0.385 e. The molecule has 5 unspecified atom stereocenters. The molecule has 0 spiro atoms. The van der Waals surface area contributed by atoms with Gasteiger partial charge in [-0.2, -0.15) is 0 Å². The van der Waals surface area contributed by atoms with Crippen molar-refractivity contribution in [3.05, 3.63) is 11.6 Å². The topological polar surface area (TPSA) is 76.1 Å². The van der Waals surface area contributed by atoms with Gasteiger partial charge in [0.15, 0.2) is 12.1 Å². The van der Waals surface area contributed by atoms with E-state index in [2.05, 4.69) is 20.8 Å². The molecule has 0 aromatic carbocycles. The first-order chi connectivity index (χ1) is 16.4. The van der Waals surface area contributed by atoms with E-state index in [0.717, 1.165) is 44.1 Å². The van der Waals surface area contributed by atoms with Crippen LogP contribution in [-0.4, -0.2) is 60.4 Å². The molecule has 7 atom stereocenters. The normalized spacial score (nSPS) is 39.7. The van der Waals surface area contributed by atoms with Gasteiger partial charge in [0.1, 0.15) is 0 Å². The van der Waals surface area contributed by atoms with Crippen molar-refractivity contribution in [3.8, 4) is 0 Å². The Balaban J connectivity index is 1.68. The molecule has 0 heterocycles. The summed E-state index contributed by atoms with van der Waals surface area (Å²) in [5.74, 6) is 0.669. The van der Waals surface area contributed by atoms with Gasteiger partial charge in [0.2, 0.25) is 5.91 Å². The molecule has 6 heteroatoms. The molecule has 3 saturated carbocycles. The lowest BCUT2D eigenvalue weighted by Gasteiger charge is -2.59. The Labute approximate surface area is 211 Å². The van der Waals surface area contributed by atoms with Gasteiger partial charge in [-0.1, -0.05) is 40.5 Å². The molecule has 0 saturated heterocycles. The lowest BCUT2D eigenvalue weighted by Crippen LogP contribution is -2.60. The second-order valence-corrected chi connectivity index (χ2v) is 12.6. The number of ether oxygens (including phenoxy) is 2. The van der Waals surface area contributed by atoms with Crippen molar-refractivity contribution in [3.63, 3.8) is 0 Å². The summed E-state index contributed by atoms with van der Waals surface area (Å²) in [4.78, 5) is 28.6. The monoisotopic (exact) mass is 489 g/mol. The first-order valence-electron chi connectivity index (χ1n) is 13.8. The van der Waals surface area contributed by atoms with Crippen LogP contribution in [-0.2, 0) is 19.1 Å². The fraction of sp³-hybridized carbons (Fsp3) is 0.862. The summed E-state index contributed by atoms with van der Waals surface area (Å²) in [6.07, 6.45) is 9.13. The molecule has 4 aliphatic carbocycles. The Kier molecular flexibility index (Phi) is 7.33. The molecular weight excluding hydrogens is 442 g/mol. The predicted molar refractivity (Wildman–Crippen MR) is 135 cm³/mol. The van der Waals surface area contributed by atoms with Gasteiger partial charge in [-0.05, 0) is 74.3 Å². The Hall–Kier alpha value is -1.24. The second kappa shape index (κ2) is 9.57. The molecule has 3 fully saturated rings. The van der Waals surface area contributed by atoms with Gasteiger partial charge in [0.25, 0.3) is 0 Å². The summed E-state index contributed by atoms with van der Waals surface area (Å²) in [7, 11) is 3.19. The van der Waals surface area contributed by atoms with Gasteiger partial charge in [0, 0.05) is 37.5 Å². The van der Waals surface area contributed by atoms with E-state index in [0.29, 0.717) is 13.0 Å². The average Bonchev–Trinajstić information content (AvgIpc) is 3.10. The van der Waals surface area contributed by atoms with Crippen molar-refractivity contribution in [2.24, 2.45) is 34.5 Å². The van der Waals surface area contributed by atoms with E-state index >= 15 is 0 Å². The van der Waals surface area contributed by atoms with E-state index < -0.39 is 17.3 Å². The van der Waals surface area contributed by atoms with Crippen LogP contribution in [0.3, 0.4) is 0 Å². The Morgan fingerprint density at radius 1 is 1.06 bits per heavy atom. The minimum atomic E-state index is -0.996. The van der Waals surface area contributed by atoms with E-state index in [1.54, 1.807) is 14.2 Å². The van der Waals surface area contributed by atoms with E-state index in [1.165, 1.54) is 6.42 Å². The summed E-state index contributed by atoms with van der Waals surface area (Å²) in [6, 6.07) is -0.0776. The molecule has 35 heavy (non-hydrogen) atoms. The zero-order valence-corrected chi connectivity index (χ0v) is 22.9. The van der Waals surface area contributed by atoms with Crippen molar-refractivity contribution in [1.82, 2.24) is 4.90 Å². The number of hydrogen-bond acceptors (Lipinski definition) is 5. The highest BCUT2D eigenvalue weighted by Gasteiger charge is 2.66. The van der Waals surface area contributed by atoms with Gasteiger partial charge in [-0.15, -0.1) is 0 Å². The number of carbonyl (C=O) groups is 2. The highest BCUT2D eigenvalue weighted by molar-refractivity contribution is 5.95. The third-order valence-electron chi connectivity index (χ3n) is 10.8. The van der Waals surface area contributed by atoms with E-state index in [-0.39, 0.29) is 46.8 Å². The lowest BCUT2D eigenvalue weighted by atomic mass is 9.46. The Morgan fingerprint density at radius 3 is 2.37 bits per heavy atom. The molecular formula is C29H47NO5. The maximum Gasteiger partial charge on any atom is 0.225 e. The van der Waals surface area contributed by atoms with Crippen LogP contribution in [0.2, 0.25) is 0 Å². The summed E-state index contributed by atoms with van der Waals surface area (Å²) in [6.45, 7) is 10.9. The number of nitrogens with zero attached hydrogens (tertiary/aromatic N) is 1. The van der Waals surface area contributed by atoms with Crippen LogP contribution >= 0.6 is 0 Å². The summed E-state index contributed by atoms with van der Waals surface area (Å²) in [5, 5.41) is 12.4. The quantitative estimate of drug-likeness (QED) is 0.523. The number of methoxy groups -OCH3 is 2. The van der Waals surface area contributed by atoms with Crippen molar-refractivity contribution in [2.75, 3.05) is 20.8 Å². The molecule has 6 nitrogen and oxygen atoms in total. The predicted octanol–water partition coefficient (Wildman–Crippen LogP) is 4.74. The van der Waals surface area contributed by atoms with E-state index in [9.17, 15) is 14.7 Å². The standard InChI is InChI=1S/C29H47NO5/c1-18(2)26(32)30(17-25(34-6)35-7)19(3)20-12-15-29(33)23-16-24(31)22-10-8-9-13-27(22,4)21(23)11-14-28(20,29)5/h16,18-22,25,33H,8-15,17H2,1-7H3/t19?,20?,21?,22?,27?,28-,29-/m1/s1. The average molecular weight is 490 g/mol. The first kappa shape index (κ1) is 26.8. The molecule has 198 valence electrons. The molecule has 0 bridgehead atoms. The summed E-state index contributed by atoms with van der Waals surface area (Å²) < 4.78 is 10.9. The van der Waals surface area contributed by atoms with Gasteiger partial charge < -0.3 is 19.5 Å². The van der Waals surface area contributed by atoms with Gasteiger partial charge >= 0.3 is 0 Å². The third kappa shape index (κ3) is 4.02. The van der Waals surface area contributed by atoms with Crippen LogP contribution in [0.25, 0.3) is 0 Å². The van der Waals surface area contributed by atoms with Crippen LogP contribution in [0.15, 0.2) is 11.6 Å². The van der Waals surface area contributed by atoms with Gasteiger partial charge in [0.05, 0.1) is 12.1 Å². The Morgan fingerprint density at radius 2 is 1.74 bits per heavy atom. The van der Waals surface area contributed by atoms with Crippen molar-refractivity contribution in [2.45, 2.75) is 104 Å². The van der Waals surface area contributed by atoms with Crippen molar-refractivity contribution >= 4 is 11.7 Å². The number of allylic oxidation sites excluding steroid dienone is 1. The van der Waals surface area contributed by atoms with Crippen molar-refractivity contribution < 1.29 is 24.2 Å². The molecule has 4 rings (SSSR count). The van der Waals surface area contributed by atoms with Crippen molar-refractivity contribution in [1.29, 1.82) is 0 Å². The SMILES string of the molecule is COC(CN(C(=O)C(C)C)C(C)C1CC[C@@]2(O)C3=CC(=O)C4CCCCC4(C)C3CC[C@]12C)OC. The van der Waals surface area contributed by atoms with E-state index in [1.807, 2.05) is 24.8 Å².